The fourth-order valence-corrected chi connectivity index (χ4v) is 5.12. The first-order chi connectivity index (χ1) is 14.7. The van der Waals surface area contributed by atoms with Crippen molar-refractivity contribution < 1.29 is 4.74 Å². The molecule has 0 bridgehead atoms. The van der Waals surface area contributed by atoms with E-state index >= 15 is 0 Å². The molecule has 9 heteroatoms. The van der Waals surface area contributed by atoms with Crippen LogP contribution in [0.3, 0.4) is 0 Å². The number of hydrogen-bond acceptors (Lipinski definition) is 6. The number of piperidine rings is 1. The van der Waals surface area contributed by atoms with Gasteiger partial charge in [-0.3, -0.25) is 4.99 Å². The van der Waals surface area contributed by atoms with Crippen LogP contribution in [0.5, 0.6) is 5.75 Å². The summed E-state index contributed by atoms with van der Waals surface area (Å²) in [6.45, 7) is 2.80. The maximum Gasteiger partial charge on any atom is 0.191 e. The number of anilines is 1. The first-order valence-corrected chi connectivity index (χ1v) is 11.9. The standard InChI is InChI=1S/C22H27N5OS2.HI/c1-23-22(26-17-9-11-27(12-10-17)20-4-3-13-29-20)24-14-18-15-30-21(25-18)16-5-7-19(28-2)8-6-16;/h3-8,13,15,17H,9-12,14H2,1-2H3,(H2,23,24,26);1H. The van der Waals surface area contributed by atoms with Crippen LogP contribution >= 0.6 is 46.7 Å². The third-order valence-corrected chi connectivity index (χ3v) is 7.07. The molecule has 2 N–H and O–H groups in total. The lowest BCUT2D eigenvalue weighted by Crippen LogP contribution is -2.48. The molecule has 3 aromatic rings. The van der Waals surface area contributed by atoms with Gasteiger partial charge in [0.05, 0.1) is 24.3 Å². The molecule has 6 nitrogen and oxygen atoms in total. The van der Waals surface area contributed by atoms with Crippen LogP contribution in [0, 0.1) is 0 Å². The third-order valence-electron chi connectivity index (χ3n) is 5.20. The summed E-state index contributed by atoms with van der Waals surface area (Å²) in [6, 6.07) is 12.8. The molecule has 1 saturated heterocycles. The third kappa shape index (κ3) is 6.33. The molecule has 1 fully saturated rings. The second-order valence-corrected chi connectivity index (χ2v) is 8.94. The Labute approximate surface area is 208 Å². The average Bonchev–Trinajstić information content (AvgIpc) is 3.50. The Kier molecular flexibility index (Phi) is 8.97. The predicted octanol–water partition coefficient (Wildman–Crippen LogP) is 4.83. The van der Waals surface area contributed by atoms with Gasteiger partial charge in [0.1, 0.15) is 10.8 Å². The van der Waals surface area contributed by atoms with Gasteiger partial charge >= 0.3 is 0 Å². The van der Waals surface area contributed by atoms with Gasteiger partial charge in [-0.2, -0.15) is 0 Å². The quantitative estimate of drug-likeness (QED) is 0.253. The molecule has 1 aromatic carbocycles. The van der Waals surface area contributed by atoms with Crippen molar-refractivity contribution in [1.82, 2.24) is 15.6 Å². The van der Waals surface area contributed by atoms with Crippen LogP contribution in [0.4, 0.5) is 5.00 Å². The van der Waals surface area contributed by atoms with Gasteiger partial charge in [0, 0.05) is 37.1 Å². The van der Waals surface area contributed by atoms with E-state index in [2.05, 4.69) is 43.4 Å². The minimum absolute atomic E-state index is 0. The van der Waals surface area contributed by atoms with E-state index in [-0.39, 0.29) is 24.0 Å². The summed E-state index contributed by atoms with van der Waals surface area (Å²) in [4.78, 5) is 11.6. The minimum atomic E-state index is 0. The number of aromatic nitrogens is 1. The molecule has 0 aliphatic carbocycles. The molecule has 0 spiro atoms. The van der Waals surface area contributed by atoms with E-state index in [9.17, 15) is 0 Å². The van der Waals surface area contributed by atoms with Gasteiger partial charge in [0.2, 0.25) is 0 Å². The second kappa shape index (κ2) is 11.7. The highest BCUT2D eigenvalue weighted by Gasteiger charge is 2.20. The highest BCUT2D eigenvalue weighted by atomic mass is 127. The molecule has 1 aliphatic rings. The summed E-state index contributed by atoms with van der Waals surface area (Å²) in [5, 5.41) is 13.6. The molecule has 0 radical (unpaired) electrons. The van der Waals surface area contributed by atoms with Gasteiger partial charge in [-0.25, -0.2) is 4.98 Å². The van der Waals surface area contributed by atoms with Crippen LogP contribution in [-0.4, -0.2) is 44.2 Å². The van der Waals surface area contributed by atoms with E-state index in [1.54, 1.807) is 18.4 Å². The molecule has 2 aromatic heterocycles. The highest BCUT2D eigenvalue weighted by molar-refractivity contribution is 14.0. The number of hydrogen-bond donors (Lipinski definition) is 2. The number of rotatable bonds is 6. The van der Waals surface area contributed by atoms with Crippen LogP contribution in [-0.2, 0) is 6.54 Å². The van der Waals surface area contributed by atoms with Crippen LogP contribution in [0.25, 0.3) is 10.6 Å². The molecule has 166 valence electrons. The fourth-order valence-electron chi connectivity index (χ4n) is 3.51. The van der Waals surface area contributed by atoms with Gasteiger partial charge in [-0.15, -0.1) is 46.7 Å². The van der Waals surface area contributed by atoms with E-state index in [0.717, 1.165) is 53.9 Å². The van der Waals surface area contributed by atoms with E-state index in [4.69, 9.17) is 9.72 Å². The molecule has 0 atom stereocenters. The second-order valence-electron chi connectivity index (χ2n) is 7.16. The summed E-state index contributed by atoms with van der Waals surface area (Å²) in [6.07, 6.45) is 2.22. The number of nitrogens with zero attached hydrogens (tertiary/aromatic N) is 3. The number of halogens is 1. The maximum atomic E-state index is 5.23. The van der Waals surface area contributed by atoms with Crippen LogP contribution in [0.1, 0.15) is 18.5 Å². The normalized spacial score (nSPS) is 14.8. The summed E-state index contributed by atoms with van der Waals surface area (Å²) >= 11 is 3.47. The van der Waals surface area contributed by atoms with Crippen molar-refractivity contribution in [2.45, 2.75) is 25.4 Å². The molecule has 4 rings (SSSR count). The Morgan fingerprint density at radius 3 is 2.61 bits per heavy atom. The first kappa shape index (κ1) is 23.8. The summed E-state index contributed by atoms with van der Waals surface area (Å²) in [7, 11) is 3.50. The molecule has 3 heterocycles. The Bertz CT molecular complexity index is 951. The van der Waals surface area contributed by atoms with E-state index in [0.29, 0.717) is 12.6 Å². The maximum absolute atomic E-state index is 5.23. The predicted molar refractivity (Wildman–Crippen MR) is 142 cm³/mol. The first-order valence-electron chi connectivity index (χ1n) is 10.1. The lowest BCUT2D eigenvalue weighted by Gasteiger charge is -2.33. The van der Waals surface area contributed by atoms with Crippen molar-refractivity contribution in [2.24, 2.45) is 4.99 Å². The van der Waals surface area contributed by atoms with E-state index in [1.165, 1.54) is 5.00 Å². The van der Waals surface area contributed by atoms with Crippen molar-refractivity contribution in [3.63, 3.8) is 0 Å². The smallest absolute Gasteiger partial charge is 0.191 e. The van der Waals surface area contributed by atoms with Gasteiger partial charge in [-0.1, -0.05) is 0 Å². The number of guanidine groups is 1. The van der Waals surface area contributed by atoms with Crippen LogP contribution < -0.4 is 20.3 Å². The zero-order valence-corrected chi connectivity index (χ0v) is 21.7. The zero-order chi connectivity index (χ0) is 20.8. The van der Waals surface area contributed by atoms with Gasteiger partial charge in [0.15, 0.2) is 5.96 Å². The zero-order valence-electron chi connectivity index (χ0n) is 17.7. The van der Waals surface area contributed by atoms with Gasteiger partial charge in [-0.05, 0) is 54.6 Å². The van der Waals surface area contributed by atoms with Gasteiger partial charge in [0.25, 0.3) is 0 Å². The summed E-state index contributed by atoms with van der Waals surface area (Å²) in [5.74, 6) is 1.69. The Hall–Kier alpha value is -1.85. The number of methoxy groups -OCH3 is 1. The van der Waals surface area contributed by atoms with Crippen molar-refractivity contribution >= 4 is 57.6 Å². The molecule has 1 aliphatic heterocycles. The minimum Gasteiger partial charge on any atom is -0.497 e. The number of thiophene rings is 1. The van der Waals surface area contributed by atoms with Crippen LogP contribution in [0.2, 0.25) is 0 Å². The topological polar surface area (TPSA) is 61.8 Å². The fraction of sp³-hybridized carbons (Fsp3) is 0.364. The molecule has 0 unspecified atom stereocenters. The number of benzene rings is 1. The Balaban J connectivity index is 0.00000272. The lowest BCUT2D eigenvalue weighted by atomic mass is 10.1. The number of thiazole rings is 1. The number of ether oxygens (including phenoxy) is 1. The monoisotopic (exact) mass is 569 g/mol. The molecular weight excluding hydrogens is 541 g/mol. The lowest BCUT2D eigenvalue weighted by molar-refractivity contribution is 0.415. The average molecular weight is 570 g/mol. The molecule has 31 heavy (non-hydrogen) atoms. The van der Waals surface area contributed by atoms with Crippen molar-refractivity contribution in [3.8, 4) is 16.3 Å². The van der Waals surface area contributed by atoms with E-state index in [1.807, 2.05) is 42.6 Å². The Morgan fingerprint density at radius 1 is 1.19 bits per heavy atom. The number of aliphatic imine (C=N–C) groups is 1. The molecular formula is C22H28IN5OS2. The SMILES string of the molecule is CN=C(NCc1csc(-c2ccc(OC)cc2)n1)NC1CCN(c2cccs2)CC1.I. The Morgan fingerprint density at radius 2 is 1.97 bits per heavy atom. The molecule has 0 saturated carbocycles. The largest absolute Gasteiger partial charge is 0.497 e. The molecule has 0 amide bonds. The summed E-state index contributed by atoms with van der Waals surface area (Å²) < 4.78 is 5.23. The highest BCUT2D eigenvalue weighted by Crippen LogP contribution is 2.26. The number of nitrogens with one attached hydrogen (secondary N) is 2. The van der Waals surface area contributed by atoms with Crippen LogP contribution in [0.15, 0.2) is 52.2 Å². The van der Waals surface area contributed by atoms with E-state index < -0.39 is 0 Å². The summed E-state index contributed by atoms with van der Waals surface area (Å²) in [5.41, 5.74) is 2.12. The van der Waals surface area contributed by atoms with Crippen molar-refractivity contribution in [2.75, 3.05) is 32.1 Å². The van der Waals surface area contributed by atoms with Crippen molar-refractivity contribution in [1.29, 1.82) is 0 Å². The van der Waals surface area contributed by atoms with Gasteiger partial charge < -0.3 is 20.3 Å². The van der Waals surface area contributed by atoms with Crippen molar-refractivity contribution in [3.05, 3.63) is 52.9 Å².